The predicted octanol–water partition coefficient (Wildman–Crippen LogP) is 18.2. The molecule has 1 heterocycles. The van der Waals surface area contributed by atoms with Crippen molar-refractivity contribution in [1.29, 1.82) is 0 Å². The minimum atomic E-state index is 1.04. The summed E-state index contributed by atoms with van der Waals surface area (Å²) in [6, 6.07) is 90.0. The third kappa shape index (κ3) is 7.28. The summed E-state index contributed by atoms with van der Waals surface area (Å²) in [5.74, 6) is 0. The van der Waals surface area contributed by atoms with Crippen molar-refractivity contribution >= 4 is 81.5 Å². The Hall–Kier alpha value is -8.24. The lowest BCUT2D eigenvalue weighted by atomic mass is 10.00. The molecule has 0 bridgehead atoms. The van der Waals surface area contributed by atoms with Crippen molar-refractivity contribution < 1.29 is 0 Å². The Morgan fingerprint density at radius 3 is 1.55 bits per heavy atom. The van der Waals surface area contributed by atoms with Gasteiger partial charge in [0.1, 0.15) is 0 Å². The Bertz CT molecular complexity index is 3660. The van der Waals surface area contributed by atoms with Crippen LogP contribution in [0.3, 0.4) is 0 Å². The molecule has 12 aromatic rings. The van der Waals surface area contributed by atoms with Gasteiger partial charge < -0.3 is 10.2 Å². The van der Waals surface area contributed by atoms with Crippen LogP contribution in [-0.4, -0.2) is 0 Å². The van der Waals surface area contributed by atoms with Gasteiger partial charge in [-0.1, -0.05) is 188 Å². The second-order valence-electron chi connectivity index (χ2n) is 16.6. The van der Waals surface area contributed by atoms with E-state index in [-0.39, 0.29) is 0 Å². The topological polar surface area (TPSA) is 15.3 Å². The van der Waals surface area contributed by atoms with E-state index in [2.05, 4.69) is 259 Å². The Morgan fingerprint density at radius 2 is 0.800 bits per heavy atom. The summed E-state index contributed by atoms with van der Waals surface area (Å²) in [4.78, 5) is 2.36. The van der Waals surface area contributed by atoms with E-state index in [9.17, 15) is 0 Å². The molecule has 0 spiro atoms. The second kappa shape index (κ2) is 16.5. The van der Waals surface area contributed by atoms with Gasteiger partial charge in [-0.15, -0.1) is 11.3 Å². The number of thiophene rings is 1. The van der Waals surface area contributed by atoms with Crippen molar-refractivity contribution in [2.24, 2.45) is 0 Å². The highest BCUT2D eigenvalue weighted by Gasteiger charge is 2.17. The smallest absolute Gasteiger partial charge is 0.0463 e. The fourth-order valence-corrected chi connectivity index (χ4v) is 10.7. The van der Waals surface area contributed by atoms with Crippen LogP contribution in [0.1, 0.15) is 0 Å². The van der Waals surface area contributed by atoms with Crippen molar-refractivity contribution in [2.45, 2.75) is 0 Å². The average Bonchev–Trinajstić information content (AvgIpc) is 3.77. The zero-order valence-corrected chi connectivity index (χ0v) is 36.3. The molecule has 0 radical (unpaired) electrons. The maximum Gasteiger partial charge on any atom is 0.0463 e. The number of hydrogen-bond donors (Lipinski definition) is 1. The van der Waals surface area contributed by atoms with Crippen molar-refractivity contribution in [3.05, 3.63) is 249 Å². The summed E-state index contributed by atoms with van der Waals surface area (Å²) in [6.07, 6.45) is 0. The molecular weight excluding hydrogens is 805 g/mol. The minimum absolute atomic E-state index is 1.04. The monoisotopic (exact) mass is 846 g/mol. The maximum absolute atomic E-state index is 3.71. The normalized spacial score (nSPS) is 11.4. The Labute approximate surface area is 383 Å². The summed E-state index contributed by atoms with van der Waals surface area (Å²) in [6.45, 7) is 0. The van der Waals surface area contributed by atoms with E-state index in [4.69, 9.17) is 0 Å². The number of hydrogen-bond acceptors (Lipinski definition) is 3. The molecule has 3 heteroatoms. The van der Waals surface area contributed by atoms with Crippen LogP contribution in [0.15, 0.2) is 249 Å². The van der Waals surface area contributed by atoms with E-state index < -0.39 is 0 Å². The molecule has 0 unspecified atom stereocenters. The molecule has 0 saturated carbocycles. The molecule has 0 atom stereocenters. The number of nitrogens with zero attached hydrogens (tertiary/aromatic N) is 1. The summed E-state index contributed by atoms with van der Waals surface area (Å²) < 4.78 is 2.67. The highest BCUT2D eigenvalue weighted by molar-refractivity contribution is 7.27. The van der Waals surface area contributed by atoms with Crippen LogP contribution in [-0.2, 0) is 0 Å². The van der Waals surface area contributed by atoms with Gasteiger partial charge in [-0.2, -0.15) is 0 Å². The lowest BCUT2D eigenvalue weighted by molar-refractivity contribution is 1.28. The van der Waals surface area contributed by atoms with Crippen LogP contribution >= 0.6 is 11.3 Å². The largest absolute Gasteiger partial charge is 0.355 e. The third-order valence-corrected chi connectivity index (χ3v) is 13.9. The number of anilines is 5. The summed E-state index contributed by atoms with van der Waals surface area (Å²) >= 11 is 1.90. The molecule has 1 N–H and O–H groups in total. The van der Waals surface area contributed by atoms with Crippen LogP contribution in [0.2, 0.25) is 0 Å². The molecule has 0 aliphatic carbocycles. The highest BCUT2D eigenvalue weighted by Crippen LogP contribution is 2.44. The number of fused-ring (bicyclic) bond motifs is 6. The zero-order valence-electron chi connectivity index (χ0n) is 35.5. The van der Waals surface area contributed by atoms with Crippen LogP contribution in [0.25, 0.3) is 86.2 Å². The molecular formula is C62H42N2S. The van der Waals surface area contributed by atoms with Gasteiger partial charge in [0.2, 0.25) is 0 Å². The van der Waals surface area contributed by atoms with Gasteiger partial charge in [0.05, 0.1) is 0 Å². The van der Waals surface area contributed by atoms with Crippen LogP contribution in [0.5, 0.6) is 0 Å². The number of para-hydroxylation sites is 1. The standard InChI is InChI=1S/C62H42N2S/c1-2-13-45(14-3-1)55-19-8-9-23-60(55)63-51-18-10-17-49(41-51)43-26-33-52(34-27-43)64(53-35-28-44(29-36-53)50-25-24-42-12-4-5-16-48(42)40-50)54-37-30-47(31-38-54)57-21-11-22-58-59-39-32-46-15-6-7-20-56(46)62(59)65-61(57)58/h1-41,63H. The van der Waals surface area contributed by atoms with Crippen molar-refractivity contribution in [2.75, 3.05) is 10.2 Å². The molecule has 2 nitrogen and oxygen atoms in total. The van der Waals surface area contributed by atoms with E-state index in [1.165, 1.54) is 75.1 Å². The molecule has 0 aliphatic heterocycles. The first-order valence-electron chi connectivity index (χ1n) is 22.2. The lowest BCUT2D eigenvalue weighted by Crippen LogP contribution is -2.09. The number of rotatable bonds is 9. The molecule has 0 aliphatic rings. The first-order valence-corrected chi connectivity index (χ1v) is 23.0. The van der Waals surface area contributed by atoms with Crippen LogP contribution in [0.4, 0.5) is 28.4 Å². The molecule has 65 heavy (non-hydrogen) atoms. The first-order chi connectivity index (χ1) is 32.2. The predicted molar refractivity (Wildman–Crippen MR) is 280 cm³/mol. The summed E-state index contributed by atoms with van der Waals surface area (Å²) in [7, 11) is 0. The van der Waals surface area contributed by atoms with Crippen molar-refractivity contribution in [3.63, 3.8) is 0 Å². The molecule has 12 rings (SSSR count). The van der Waals surface area contributed by atoms with E-state index in [1.54, 1.807) is 0 Å². The van der Waals surface area contributed by atoms with Gasteiger partial charge in [0, 0.05) is 54.2 Å². The molecule has 1 aromatic heterocycles. The molecule has 11 aromatic carbocycles. The van der Waals surface area contributed by atoms with Crippen molar-refractivity contribution in [1.82, 2.24) is 0 Å². The summed E-state index contributed by atoms with van der Waals surface area (Å²) in [5.41, 5.74) is 14.9. The first kappa shape index (κ1) is 38.4. The third-order valence-electron chi connectivity index (χ3n) is 12.6. The van der Waals surface area contributed by atoms with Crippen LogP contribution in [0, 0.1) is 0 Å². The minimum Gasteiger partial charge on any atom is -0.355 e. The fourth-order valence-electron chi connectivity index (χ4n) is 9.36. The van der Waals surface area contributed by atoms with E-state index in [0.29, 0.717) is 0 Å². The SMILES string of the molecule is c1ccc(-c2ccccc2Nc2cccc(-c3ccc(N(c4ccc(-c5ccc6ccccc6c5)cc4)c4ccc(-c5cccc6c5sc5c7ccccc7ccc65)cc4)cc3)c2)cc1. The van der Waals surface area contributed by atoms with E-state index >= 15 is 0 Å². The lowest BCUT2D eigenvalue weighted by Gasteiger charge is -2.26. The van der Waals surface area contributed by atoms with E-state index in [0.717, 1.165) is 39.6 Å². The second-order valence-corrected chi connectivity index (χ2v) is 17.6. The zero-order chi connectivity index (χ0) is 43.1. The molecule has 0 amide bonds. The van der Waals surface area contributed by atoms with Gasteiger partial charge in [-0.3, -0.25) is 0 Å². The average molecular weight is 847 g/mol. The van der Waals surface area contributed by atoms with E-state index in [1.807, 2.05) is 11.3 Å². The molecule has 306 valence electrons. The van der Waals surface area contributed by atoms with Crippen LogP contribution < -0.4 is 10.2 Å². The van der Waals surface area contributed by atoms with Crippen molar-refractivity contribution in [3.8, 4) is 44.5 Å². The van der Waals surface area contributed by atoms with Gasteiger partial charge in [-0.05, 0) is 121 Å². The summed E-state index contributed by atoms with van der Waals surface area (Å²) in [5, 5.41) is 11.4. The number of benzene rings is 11. The number of nitrogens with one attached hydrogen (secondary N) is 1. The fraction of sp³-hybridized carbons (Fsp3) is 0. The Morgan fingerprint density at radius 1 is 0.292 bits per heavy atom. The maximum atomic E-state index is 3.71. The van der Waals surface area contributed by atoms with Gasteiger partial charge in [0.25, 0.3) is 0 Å². The van der Waals surface area contributed by atoms with Gasteiger partial charge >= 0.3 is 0 Å². The quantitative estimate of drug-likeness (QED) is 0.156. The highest BCUT2D eigenvalue weighted by atomic mass is 32.1. The Kier molecular flexibility index (Phi) is 9.74. The molecule has 0 fully saturated rings. The van der Waals surface area contributed by atoms with Gasteiger partial charge in [-0.25, -0.2) is 0 Å². The Balaban J connectivity index is 0.894. The molecule has 0 saturated heterocycles. The van der Waals surface area contributed by atoms with Gasteiger partial charge in [0.15, 0.2) is 0 Å².